The van der Waals surface area contributed by atoms with Crippen LogP contribution in [0.1, 0.15) is 25.7 Å². The van der Waals surface area contributed by atoms with E-state index in [4.69, 9.17) is 10.5 Å². The van der Waals surface area contributed by atoms with E-state index in [2.05, 4.69) is 5.32 Å². The van der Waals surface area contributed by atoms with Crippen molar-refractivity contribution < 1.29 is 17.9 Å². The van der Waals surface area contributed by atoms with Crippen molar-refractivity contribution in [2.75, 3.05) is 19.1 Å². The highest BCUT2D eigenvalue weighted by atomic mass is 32.2. The standard InChI is InChI=1S/C11H22N2O4S/c1-17-10-5-3-4-9(10)13-11(14)8(12)6-7-18(2,15)16/h8-10H,3-7,12H2,1-2H3,(H,13,14). The van der Waals surface area contributed by atoms with E-state index < -0.39 is 15.9 Å². The molecule has 7 heteroatoms. The van der Waals surface area contributed by atoms with Crippen LogP contribution in [0.15, 0.2) is 0 Å². The molecule has 1 fully saturated rings. The number of hydrogen-bond donors (Lipinski definition) is 2. The van der Waals surface area contributed by atoms with Crippen LogP contribution >= 0.6 is 0 Å². The van der Waals surface area contributed by atoms with Crippen molar-refractivity contribution in [1.29, 1.82) is 0 Å². The Bertz CT molecular complexity index is 383. The van der Waals surface area contributed by atoms with E-state index in [9.17, 15) is 13.2 Å². The smallest absolute Gasteiger partial charge is 0.237 e. The van der Waals surface area contributed by atoms with Crippen LogP contribution in [-0.2, 0) is 19.4 Å². The van der Waals surface area contributed by atoms with E-state index in [-0.39, 0.29) is 30.2 Å². The van der Waals surface area contributed by atoms with Gasteiger partial charge in [0.15, 0.2) is 0 Å². The maximum atomic E-state index is 11.8. The Hall–Kier alpha value is -0.660. The summed E-state index contributed by atoms with van der Waals surface area (Å²) in [6, 6.07) is -0.787. The zero-order chi connectivity index (χ0) is 13.8. The van der Waals surface area contributed by atoms with E-state index in [0.717, 1.165) is 25.5 Å². The SMILES string of the molecule is COC1CCCC1NC(=O)C(N)CCS(C)(=O)=O. The number of rotatable bonds is 6. The van der Waals surface area contributed by atoms with Crippen LogP contribution in [0.5, 0.6) is 0 Å². The number of nitrogens with one attached hydrogen (secondary N) is 1. The number of methoxy groups -OCH3 is 1. The minimum absolute atomic E-state index is 0.00761. The van der Waals surface area contributed by atoms with Gasteiger partial charge in [-0.3, -0.25) is 4.79 Å². The zero-order valence-electron chi connectivity index (χ0n) is 10.9. The highest BCUT2D eigenvalue weighted by Crippen LogP contribution is 2.21. The number of sulfone groups is 1. The molecule has 1 aliphatic rings. The Labute approximate surface area is 108 Å². The summed E-state index contributed by atoms with van der Waals surface area (Å²) in [6.07, 6.45) is 4.14. The molecule has 0 saturated heterocycles. The van der Waals surface area contributed by atoms with Crippen molar-refractivity contribution in [2.45, 2.75) is 43.9 Å². The monoisotopic (exact) mass is 278 g/mol. The minimum Gasteiger partial charge on any atom is -0.379 e. The van der Waals surface area contributed by atoms with Crippen LogP contribution in [0, 0.1) is 0 Å². The van der Waals surface area contributed by atoms with E-state index in [1.165, 1.54) is 0 Å². The Kier molecular flexibility index (Phi) is 5.55. The molecule has 0 aromatic rings. The molecule has 0 spiro atoms. The van der Waals surface area contributed by atoms with Crippen molar-refractivity contribution in [3.63, 3.8) is 0 Å². The molecule has 0 heterocycles. The van der Waals surface area contributed by atoms with E-state index in [1.807, 2.05) is 0 Å². The summed E-state index contributed by atoms with van der Waals surface area (Å²) in [5, 5.41) is 2.83. The molecule has 1 amide bonds. The van der Waals surface area contributed by atoms with Gasteiger partial charge in [0.2, 0.25) is 5.91 Å². The molecule has 0 aliphatic heterocycles. The lowest BCUT2D eigenvalue weighted by Gasteiger charge is -2.21. The summed E-state index contributed by atoms with van der Waals surface area (Å²) in [7, 11) is -1.46. The Morgan fingerprint density at radius 2 is 2.17 bits per heavy atom. The van der Waals surface area contributed by atoms with E-state index in [0.29, 0.717) is 0 Å². The first-order valence-electron chi connectivity index (χ1n) is 6.10. The molecular formula is C11H22N2O4S. The van der Waals surface area contributed by atoms with Gasteiger partial charge in [-0.2, -0.15) is 0 Å². The number of carbonyl (C=O) groups excluding carboxylic acids is 1. The Balaban J connectivity index is 2.40. The maximum absolute atomic E-state index is 11.8. The van der Waals surface area contributed by atoms with Gasteiger partial charge in [-0.1, -0.05) is 0 Å². The second kappa shape index (κ2) is 6.49. The average Bonchev–Trinajstić information content (AvgIpc) is 2.72. The normalized spacial score (nSPS) is 25.9. The van der Waals surface area contributed by atoms with E-state index >= 15 is 0 Å². The molecule has 0 aromatic carbocycles. The first-order chi connectivity index (χ1) is 8.33. The van der Waals surface area contributed by atoms with Gasteiger partial charge in [0, 0.05) is 13.4 Å². The summed E-state index contributed by atoms with van der Waals surface area (Å²) in [5.41, 5.74) is 5.67. The first-order valence-corrected chi connectivity index (χ1v) is 8.16. The summed E-state index contributed by atoms with van der Waals surface area (Å²) >= 11 is 0. The topological polar surface area (TPSA) is 98.5 Å². The fraction of sp³-hybridized carbons (Fsp3) is 0.909. The molecule has 6 nitrogen and oxygen atoms in total. The van der Waals surface area contributed by atoms with Crippen LogP contribution in [0.4, 0.5) is 0 Å². The van der Waals surface area contributed by atoms with Crippen LogP contribution in [0.3, 0.4) is 0 Å². The second-order valence-corrected chi connectivity index (χ2v) is 7.10. The lowest BCUT2D eigenvalue weighted by molar-refractivity contribution is -0.123. The molecule has 3 N–H and O–H groups in total. The molecule has 106 valence electrons. The Morgan fingerprint density at radius 3 is 2.72 bits per heavy atom. The predicted octanol–water partition coefficient (Wildman–Crippen LogP) is -0.568. The second-order valence-electron chi connectivity index (χ2n) is 4.85. The number of amides is 1. The zero-order valence-corrected chi connectivity index (χ0v) is 11.7. The van der Waals surface area contributed by atoms with Crippen molar-refractivity contribution in [3.8, 4) is 0 Å². The molecule has 3 atom stereocenters. The van der Waals surface area contributed by atoms with Gasteiger partial charge >= 0.3 is 0 Å². The first kappa shape index (κ1) is 15.4. The minimum atomic E-state index is -3.08. The quantitative estimate of drug-likeness (QED) is 0.678. The van der Waals surface area contributed by atoms with Crippen molar-refractivity contribution in [3.05, 3.63) is 0 Å². The van der Waals surface area contributed by atoms with Crippen molar-refractivity contribution in [1.82, 2.24) is 5.32 Å². The highest BCUT2D eigenvalue weighted by molar-refractivity contribution is 7.90. The van der Waals surface area contributed by atoms with Gasteiger partial charge in [-0.15, -0.1) is 0 Å². The molecule has 3 unspecified atom stereocenters. The van der Waals surface area contributed by atoms with E-state index in [1.54, 1.807) is 7.11 Å². The van der Waals surface area contributed by atoms with Crippen LogP contribution in [-0.4, -0.2) is 51.6 Å². The number of ether oxygens (including phenoxy) is 1. The fourth-order valence-corrected chi connectivity index (χ4v) is 2.82. The lowest BCUT2D eigenvalue weighted by Crippen LogP contribution is -2.48. The predicted molar refractivity (Wildman–Crippen MR) is 68.9 cm³/mol. The van der Waals surface area contributed by atoms with Crippen molar-refractivity contribution in [2.24, 2.45) is 5.73 Å². The van der Waals surface area contributed by atoms with Gasteiger partial charge in [0.25, 0.3) is 0 Å². The summed E-state index contributed by atoms with van der Waals surface area (Å²) in [4.78, 5) is 11.8. The molecule has 0 aromatic heterocycles. The number of nitrogens with two attached hydrogens (primary N) is 1. The lowest BCUT2D eigenvalue weighted by atomic mass is 10.1. The maximum Gasteiger partial charge on any atom is 0.237 e. The van der Waals surface area contributed by atoms with Gasteiger partial charge in [-0.25, -0.2) is 8.42 Å². The van der Waals surface area contributed by atoms with Crippen LogP contribution in [0.2, 0.25) is 0 Å². The molecular weight excluding hydrogens is 256 g/mol. The van der Waals surface area contributed by atoms with Crippen molar-refractivity contribution >= 4 is 15.7 Å². The summed E-state index contributed by atoms with van der Waals surface area (Å²) < 4.78 is 27.3. The fourth-order valence-electron chi connectivity index (χ4n) is 2.14. The largest absolute Gasteiger partial charge is 0.379 e. The molecule has 1 rings (SSSR count). The van der Waals surface area contributed by atoms with Crippen LogP contribution in [0.25, 0.3) is 0 Å². The van der Waals surface area contributed by atoms with Gasteiger partial charge < -0.3 is 15.8 Å². The summed E-state index contributed by atoms with van der Waals surface area (Å²) in [5.74, 6) is -0.368. The molecule has 18 heavy (non-hydrogen) atoms. The highest BCUT2D eigenvalue weighted by Gasteiger charge is 2.29. The van der Waals surface area contributed by atoms with Crippen LogP contribution < -0.4 is 11.1 Å². The third-order valence-corrected chi connectivity index (χ3v) is 4.20. The average molecular weight is 278 g/mol. The van der Waals surface area contributed by atoms with Gasteiger partial charge in [0.05, 0.1) is 23.9 Å². The summed E-state index contributed by atoms with van der Waals surface area (Å²) in [6.45, 7) is 0. The molecule has 0 bridgehead atoms. The number of hydrogen-bond acceptors (Lipinski definition) is 5. The van der Waals surface area contributed by atoms with Gasteiger partial charge in [-0.05, 0) is 25.7 Å². The Morgan fingerprint density at radius 1 is 1.50 bits per heavy atom. The third kappa shape index (κ3) is 4.91. The van der Waals surface area contributed by atoms with Gasteiger partial charge in [0.1, 0.15) is 9.84 Å². The molecule has 0 radical (unpaired) electrons. The number of carbonyl (C=O) groups is 1. The molecule has 1 saturated carbocycles. The molecule has 1 aliphatic carbocycles. The third-order valence-electron chi connectivity index (χ3n) is 3.22.